The number of unbranched alkanes of at least 4 members (excludes halogenated alkanes) is 1. The highest BCUT2D eigenvalue weighted by molar-refractivity contribution is 5.72. The number of esters is 2. The fraction of sp³-hybridized carbons (Fsp3) is 0.818. The lowest BCUT2D eigenvalue weighted by atomic mass is 10.0. The highest BCUT2D eigenvalue weighted by atomic mass is 16.6. The van der Waals surface area contributed by atoms with Crippen molar-refractivity contribution in [3.8, 4) is 0 Å². The van der Waals surface area contributed by atoms with Crippen LogP contribution in [0, 0.1) is 0 Å². The van der Waals surface area contributed by atoms with E-state index in [9.17, 15) is 9.59 Å². The summed E-state index contributed by atoms with van der Waals surface area (Å²) in [6.45, 7) is 1.64. The summed E-state index contributed by atoms with van der Waals surface area (Å²) in [7, 11) is 0. The Kier molecular flexibility index (Phi) is 4.73. The van der Waals surface area contributed by atoms with Crippen LogP contribution in [0.5, 0.6) is 0 Å². The maximum absolute atomic E-state index is 11.3. The van der Waals surface area contributed by atoms with E-state index in [2.05, 4.69) is 0 Å². The van der Waals surface area contributed by atoms with E-state index >= 15 is 0 Å². The number of carbonyl (C=O) groups excluding carboxylic acids is 2. The Hall–Kier alpha value is -1.10. The summed E-state index contributed by atoms with van der Waals surface area (Å²) in [6.07, 6.45) is 2.75. The number of hydrogen-bond donors (Lipinski definition) is 1. The molecule has 0 amide bonds. The SMILES string of the molecule is CCCCC(=O)OCC1(CO)CCC(=O)O1. The molecule has 5 heteroatoms. The van der Waals surface area contributed by atoms with Crippen LogP contribution in [0.2, 0.25) is 0 Å². The Bertz CT molecular complexity index is 263. The predicted molar refractivity (Wildman–Crippen MR) is 55.6 cm³/mol. The van der Waals surface area contributed by atoms with Gasteiger partial charge in [0.15, 0.2) is 5.60 Å². The van der Waals surface area contributed by atoms with Gasteiger partial charge in [-0.05, 0) is 6.42 Å². The van der Waals surface area contributed by atoms with Crippen LogP contribution in [0.4, 0.5) is 0 Å². The third kappa shape index (κ3) is 3.48. The lowest BCUT2D eigenvalue weighted by Crippen LogP contribution is -2.39. The lowest BCUT2D eigenvalue weighted by molar-refractivity contribution is -0.166. The third-order valence-corrected chi connectivity index (χ3v) is 2.63. The predicted octanol–water partition coefficient (Wildman–Crippen LogP) is 0.788. The molecule has 0 aromatic rings. The summed E-state index contributed by atoms with van der Waals surface area (Å²) >= 11 is 0. The number of ether oxygens (including phenoxy) is 2. The van der Waals surface area contributed by atoms with Crippen LogP contribution in [-0.2, 0) is 19.1 Å². The summed E-state index contributed by atoms with van der Waals surface area (Å²) in [5.41, 5.74) is -1.00. The molecule has 0 bridgehead atoms. The number of cyclic esters (lactones) is 1. The molecule has 0 aromatic carbocycles. The summed E-state index contributed by atoms with van der Waals surface area (Å²) in [5.74, 6) is -0.656. The Morgan fingerprint density at radius 2 is 2.38 bits per heavy atom. The highest BCUT2D eigenvalue weighted by Crippen LogP contribution is 2.26. The molecule has 1 heterocycles. The Balaban J connectivity index is 2.34. The van der Waals surface area contributed by atoms with Crippen molar-refractivity contribution in [2.75, 3.05) is 13.2 Å². The van der Waals surface area contributed by atoms with Gasteiger partial charge in [0.1, 0.15) is 6.61 Å². The van der Waals surface area contributed by atoms with Gasteiger partial charge in [-0.3, -0.25) is 9.59 Å². The normalized spacial score (nSPS) is 24.2. The summed E-state index contributed by atoms with van der Waals surface area (Å²) < 4.78 is 9.98. The van der Waals surface area contributed by atoms with Crippen molar-refractivity contribution in [2.24, 2.45) is 0 Å². The summed E-state index contributed by atoms with van der Waals surface area (Å²) in [5, 5.41) is 9.15. The van der Waals surface area contributed by atoms with Crippen LogP contribution < -0.4 is 0 Å². The van der Waals surface area contributed by atoms with Gasteiger partial charge in [-0.2, -0.15) is 0 Å². The largest absolute Gasteiger partial charge is 0.461 e. The second kappa shape index (κ2) is 5.84. The van der Waals surface area contributed by atoms with Crippen molar-refractivity contribution in [1.82, 2.24) is 0 Å². The molecule has 1 unspecified atom stereocenters. The zero-order valence-corrected chi connectivity index (χ0v) is 9.53. The Morgan fingerprint density at radius 3 is 2.88 bits per heavy atom. The summed E-state index contributed by atoms with van der Waals surface area (Å²) in [4.78, 5) is 22.2. The smallest absolute Gasteiger partial charge is 0.306 e. The minimum Gasteiger partial charge on any atom is -0.461 e. The van der Waals surface area contributed by atoms with Gasteiger partial charge in [0.2, 0.25) is 0 Å². The number of aliphatic hydroxyl groups excluding tert-OH is 1. The van der Waals surface area contributed by atoms with Gasteiger partial charge in [0, 0.05) is 19.3 Å². The zero-order chi connectivity index (χ0) is 12.0. The number of rotatable bonds is 6. The Labute approximate surface area is 94.7 Å². The molecule has 0 radical (unpaired) electrons. The molecule has 1 saturated heterocycles. The molecule has 0 spiro atoms. The molecule has 1 fully saturated rings. The number of hydrogen-bond acceptors (Lipinski definition) is 5. The second-order valence-electron chi connectivity index (χ2n) is 4.08. The fourth-order valence-electron chi connectivity index (χ4n) is 1.54. The molecule has 92 valence electrons. The quantitative estimate of drug-likeness (QED) is 0.683. The first-order valence-corrected chi connectivity index (χ1v) is 5.60. The molecular formula is C11H18O5. The lowest BCUT2D eigenvalue weighted by Gasteiger charge is -2.24. The van der Waals surface area contributed by atoms with Crippen LogP contribution in [0.25, 0.3) is 0 Å². The van der Waals surface area contributed by atoms with E-state index in [1.807, 2.05) is 6.92 Å². The van der Waals surface area contributed by atoms with E-state index in [0.717, 1.165) is 12.8 Å². The molecule has 1 aliphatic rings. The minimum absolute atomic E-state index is 0.0439. The fourth-order valence-corrected chi connectivity index (χ4v) is 1.54. The van der Waals surface area contributed by atoms with Crippen molar-refractivity contribution in [1.29, 1.82) is 0 Å². The van der Waals surface area contributed by atoms with Crippen LogP contribution in [0.1, 0.15) is 39.0 Å². The van der Waals surface area contributed by atoms with Gasteiger partial charge < -0.3 is 14.6 Å². The van der Waals surface area contributed by atoms with Crippen LogP contribution >= 0.6 is 0 Å². The van der Waals surface area contributed by atoms with Crippen molar-refractivity contribution in [3.05, 3.63) is 0 Å². The highest BCUT2D eigenvalue weighted by Gasteiger charge is 2.41. The first kappa shape index (κ1) is 13.0. The molecule has 1 atom stereocenters. The third-order valence-electron chi connectivity index (χ3n) is 2.63. The van der Waals surface area contributed by atoms with Gasteiger partial charge in [-0.25, -0.2) is 0 Å². The Morgan fingerprint density at radius 1 is 1.62 bits per heavy atom. The zero-order valence-electron chi connectivity index (χ0n) is 9.53. The average molecular weight is 230 g/mol. The van der Waals surface area contributed by atoms with E-state index in [0.29, 0.717) is 12.8 Å². The summed E-state index contributed by atoms with van der Waals surface area (Å²) in [6, 6.07) is 0. The molecule has 0 aliphatic carbocycles. The molecule has 0 saturated carbocycles. The van der Waals surface area contributed by atoms with Crippen molar-refractivity contribution in [3.63, 3.8) is 0 Å². The van der Waals surface area contributed by atoms with E-state index in [1.54, 1.807) is 0 Å². The van der Waals surface area contributed by atoms with Crippen LogP contribution in [0.15, 0.2) is 0 Å². The molecule has 16 heavy (non-hydrogen) atoms. The second-order valence-corrected chi connectivity index (χ2v) is 4.08. The molecule has 1 N–H and O–H groups in total. The molecule has 0 aromatic heterocycles. The molecular weight excluding hydrogens is 212 g/mol. The van der Waals surface area contributed by atoms with E-state index in [4.69, 9.17) is 14.6 Å². The topological polar surface area (TPSA) is 72.8 Å². The standard InChI is InChI=1S/C11H18O5/c1-2-3-4-9(13)15-8-11(7-12)6-5-10(14)16-11/h12H,2-8H2,1H3. The molecule has 5 nitrogen and oxygen atoms in total. The van der Waals surface area contributed by atoms with Gasteiger partial charge in [0.05, 0.1) is 6.61 Å². The van der Waals surface area contributed by atoms with Gasteiger partial charge >= 0.3 is 11.9 Å². The molecule has 1 aliphatic heterocycles. The van der Waals surface area contributed by atoms with Crippen molar-refractivity contribution >= 4 is 11.9 Å². The van der Waals surface area contributed by atoms with Gasteiger partial charge in [-0.1, -0.05) is 13.3 Å². The van der Waals surface area contributed by atoms with Crippen molar-refractivity contribution in [2.45, 2.75) is 44.6 Å². The van der Waals surface area contributed by atoms with Gasteiger partial charge in [0.25, 0.3) is 0 Å². The molecule has 1 rings (SSSR count). The monoisotopic (exact) mass is 230 g/mol. The number of aliphatic hydroxyl groups is 1. The minimum atomic E-state index is -1.00. The van der Waals surface area contributed by atoms with Gasteiger partial charge in [-0.15, -0.1) is 0 Å². The van der Waals surface area contributed by atoms with E-state index in [-0.39, 0.29) is 31.6 Å². The first-order chi connectivity index (χ1) is 7.62. The average Bonchev–Trinajstić information content (AvgIpc) is 2.66. The van der Waals surface area contributed by atoms with E-state index < -0.39 is 5.60 Å². The first-order valence-electron chi connectivity index (χ1n) is 5.60. The van der Waals surface area contributed by atoms with E-state index in [1.165, 1.54) is 0 Å². The maximum atomic E-state index is 11.3. The van der Waals surface area contributed by atoms with Crippen molar-refractivity contribution < 1.29 is 24.2 Å². The maximum Gasteiger partial charge on any atom is 0.306 e. The number of carbonyl (C=O) groups is 2. The van der Waals surface area contributed by atoms with Crippen LogP contribution in [-0.4, -0.2) is 35.9 Å². The van der Waals surface area contributed by atoms with Crippen LogP contribution in [0.3, 0.4) is 0 Å².